The summed E-state index contributed by atoms with van der Waals surface area (Å²) in [5.41, 5.74) is 1.13. The van der Waals surface area contributed by atoms with Gasteiger partial charge in [-0.05, 0) is 31.2 Å². The fraction of sp³-hybridized carbons (Fsp3) is 0.625. The van der Waals surface area contributed by atoms with E-state index in [1.54, 1.807) is 0 Å². The molecule has 1 aromatic rings. The fourth-order valence-corrected chi connectivity index (χ4v) is 3.37. The summed E-state index contributed by atoms with van der Waals surface area (Å²) in [7, 11) is 0. The number of ether oxygens (including phenoxy) is 2. The minimum atomic E-state index is -0.0650. The van der Waals surface area contributed by atoms with E-state index in [0.717, 1.165) is 56.2 Å². The second-order valence-electron chi connectivity index (χ2n) is 5.79. The Morgan fingerprint density at radius 3 is 2.90 bits per heavy atom. The Bertz CT molecular complexity index is 472. The number of fused-ring (bicyclic) bond motifs is 1. The summed E-state index contributed by atoms with van der Waals surface area (Å²) in [4.78, 5) is 0. The highest BCUT2D eigenvalue weighted by Crippen LogP contribution is 2.44. The van der Waals surface area contributed by atoms with Gasteiger partial charge in [0.25, 0.3) is 0 Å². The predicted octanol–water partition coefficient (Wildman–Crippen LogP) is 3.71. The van der Waals surface area contributed by atoms with E-state index in [2.05, 4.69) is 12.2 Å². The van der Waals surface area contributed by atoms with Crippen molar-refractivity contribution >= 4 is 11.6 Å². The van der Waals surface area contributed by atoms with Gasteiger partial charge in [-0.15, -0.1) is 0 Å². The van der Waals surface area contributed by atoms with Crippen LogP contribution < -0.4 is 10.1 Å². The third-order valence-corrected chi connectivity index (χ3v) is 4.53. The number of hydrogen-bond acceptors (Lipinski definition) is 3. The van der Waals surface area contributed by atoms with Gasteiger partial charge in [-0.2, -0.15) is 0 Å². The molecule has 3 rings (SSSR count). The third-order valence-electron chi connectivity index (χ3n) is 4.29. The Labute approximate surface area is 125 Å². The van der Waals surface area contributed by atoms with Gasteiger partial charge in [0.1, 0.15) is 11.4 Å². The lowest BCUT2D eigenvalue weighted by atomic mass is 9.82. The number of hydrogen-bond donors (Lipinski definition) is 1. The molecule has 0 saturated carbocycles. The van der Waals surface area contributed by atoms with Crippen molar-refractivity contribution in [2.24, 2.45) is 0 Å². The van der Waals surface area contributed by atoms with Crippen LogP contribution in [0.1, 0.15) is 44.2 Å². The molecule has 20 heavy (non-hydrogen) atoms. The van der Waals surface area contributed by atoms with Gasteiger partial charge in [-0.3, -0.25) is 0 Å². The van der Waals surface area contributed by atoms with Crippen LogP contribution in [0.2, 0.25) is 5.02 Å². The SMILES string of the molecule is CCCNC1CC2(CCOCC2)Oc2ccc(Cl)cc21. The zero-order chi connectivity index (χ0) is 14.0. The Kier molecular flexibility index (Phi) is 4.20. The minimum Gasteiger partial charge on any atom is -0.487 e. The highest BCUT2D eigenvalue weighted by molar-refractivity contribution is 6.30. The molecule has 3 nitrogen and oxygen atoms in total. The third kappa shape index (κ3) is 2.80. The van der Waals surface area contributed by atoms with Crippen molar-refractivity contribution < 1.29 is 9.47 Å². The smallest absolute Gasteiger partial charge is 0.125 e. The van der Waals surface area contributed by atoms with Crippen molar-refractivity contribution in [1.29, 1.82) is 0 Å². The van der Waals surface area contributed by atoms with Crippen molar-refractivity contribution in [2.45, 2.75) is 44.2 Å². The molecular formula is C16H22ClNO2. The molecular weight excluding hydrogens is 274 g/mol. The summed E-state index contributed by atoms with van der Waals surface area (Å²) in [6.45, 7) is 4.80. The van der Waals surface area contributed by atoms with Crippen LogP contribution >= 0.6 is 11.6 Å². The Balaban J connectivity index is 1.90. The number of rotatable bonds is 3. The quantitative estimate of drug-likeness (QED) is 0.922. The molecule has 0 amide bonds. The zero-order valence-electron chi connectivity index (χ0n) is 12.0. The maximum atomic E-state index is 6.35. The standard InChI is InChI=1S/C16H22ClNO2/c1-2-7-18-14-11-16(5-8-19-9-6-16)20-15-4-3-12(17)10-13(14)15/h3-4,10,14,18H,2,5-9,11H2,1H3. The van der Waals surface area contributed by atoms with Crippen LogP contribution in [0.3, 0.4) is 0 Å². The molecule has 2 aliphatic rings. The molecule has 1 spiro atoms. The molecule has 1 fully saturated rings. The Hall–Kier alpha value is -0.770. The average Bonchev–Trinajstić information content (AvgIpc) is 2.46. The first-order valence-corrected chi connectivity index (χ1v) is 7.90. The van der Waals surface area contributed by atoms with Gasteiger partial charge in [-0.25, -0.2) is 0 Å². The van der Waals surface area contributed by atoms with E-state index in [9.17, 15) is 0 Å². The maximum absolute atomic E-state index is 6.35. The van der Waals surface area contributed by atoms with E-state index >= 15 is 0 Å². The highest BCUT2D eigenvalue weighted by Gasteiger charge is 2.42. The molecule has 0 bridgehead atoms. The number of halogens is 1. The van der Waals surface area contributed by atoms with Crippen molar-refractivity contribution in [3.05, 3.63) is 28.8 Å². The second kappa shape index (κ2) is 5.92. The summed E-state index contributed by atoms with van der Waals surface area (Å²) in [6.07, 6.45) is 4.08. The lowest BCUT2D eigenvalue weighted by Crippen LogP contribution is -2.48. The molecule has 2 aliphatic heterocycles. The molecule has 0 aliphatic carbocycles. The number of nitrogens with one attached hydrogen (secondary N) is 1. The zero-order valence-corrected chi connectivity index (χ0v) is 12.7. The van der Waals surface area contributed by atoms with Crippen LogP contribution in [-0.4, -0.2) is 25.4 Å². The molecule has 1 atom stereocenters. The largest absolute Gasteiger partial charge is 0.487 e. The van der Waals surface area contributed by atoms with Crippen LogP contribution in [0.25, 0.3) is 0 Å². The Morgan fingerprint density at radius 2 is 2.15 bits per heavy atom. The van der Waals surface area contributed by atoms with Gasteiger partial charge < -0.3 is 14.8 Å². The molecule has 1 N–H and O–H groups in total. The molecule has 2 heterocycles. The lowest BCUT2D eigenvalue weighted by Gasteiger charge is -2.44. The summed E-state index contributed by atoms with van der Waals surface area (Å²) >= 11 is 6.15. The summed E-state index contributed by atoms with van der Waals surface area (Å²) in [5, 5.41) is 4.42. The molecule has 0 aromatic heterocycles. The first kappa shape index (κ1) is 14.2. The van der Waals surface area contributed by atoms with Crippen LogP contribution in [0.15, 0.2) is 18.2 Å². The normalized spacial score (nSPS) is 24.2. The molecule has 1 aromatic carbocycles. The molecule has 1 saturated heterocycles. The van der Waals surface area contributed by atoms with E-state index in [0.29, 0.717) is 6.04 Å². The van der Waals surface area contributed by atoms with Crippen molar-refractivity contribution in [3.8, 4) is 5.75 Å². The number of benzene rings is 1. The van der Waals surface area contributed by atoms with Gasteiger partial charge in [0.05, 0.1) is 13.2 Å². The van der Waals surface area contributed by atoms with Crippen LogP contribution in [-0.2, 0) is 4.74 Å². The average molecular weight is 296 g/mol. The van der Waals surface area contributed by atoms with Gasteiger partial charge in [0.15, 0.2) is 0 Å². The minimum absolute atomic E-state index is 0.0650. The van der Waals surface area contributed by atoms with Gasteiger partial charge in [0.2, 0.25) is 0 Å². The Morgan fingerprint density at radius 1 is 1.35 bits per heavy atom. The first-order chi connectivity index (χ1) is 9.72. The fourth-order valence-electron chi connectivity index (χ4n) is 3.19. The van der Waals surface area contributed by atoms with E-state index < -0.39 is 0 Å². The lowest BCUT2D eigenvalue weighted by molar-refractivity contribution is -0.0645. The van der Waals surface area contributed by atoms with E-state index in [4.69, 9.17) is 21.1 Å². The summed E-state index contributed by atoms with van der Waals surface area (Å²) in [6, 6.07) is 6.29. The van der Waals surface area contributed by atoms with Crippen molar-refractivity contribution in [3.63, 3.8) is 0 Å². The summed E-state index contributed by atoms with van der Waals surface area (Å²) < 4.78 is 11.8. The van der Waals surface area contributed by atoms with Crippen LogP contribution in [0, 0.1) is 0 Å². The van der Waals surface area contributed by atoms with Gasteiger partial charge in [-0.1, -0.05) is 18.5 Å². The maximum Gasteiger partial charge on any atom is 0.125 e. The topological polar surface area (TPSA) is 30.5 Å². The predicted molar refractivity (Wildman–Crippen MR) is 80.5 cm³/mol. The van der Waals surface area contributed by atoms with E-state index in [1.165, 1.54) is 5.56 Å². The van der Waals surface area contributed by atoms with Crippen molar-refractivity contribution in [2.75, 3.05) is 19.8 Å². The van der Waals surface area contributed by atoms with Gasteiger partial charge in [0, 0.05) is 35.9 Å². The van der Waals surface area contributed by atoms with E-state index in [1.807, 2.05) is 18.2 Å². The van der Waals surface area contributed by atoms with Crippen LogP contribution in [0.4, 0.5) is 0 Å². The van der Waals surface area contributed by atoms with E-state index in [-0.39, 0.29) is 5.60 Å². The molecule has 1 unspecified atom stereocenters. The van der Waals surface area contributed by atoms with Crippen molar-refractivity contribution in [1.82, 2.24) is 5.32 Å². The monoisotopic (exact) mass is 295 g/mol. The second-order valence-corrected chi connectivity index (χ2v) is 6.23. The highest BCUT2D eigenvalue weighted by atomic mass is 35.5. The van der Waals surface area contributed by atoms with Gasteiger partial charge >= 0.3 is 0 Å². The summed E-state index contributed by atoms with van der Waals surface area (Å²) in [5.74, 6) is 0.983. The van der Waals surface area contributed by atoms with Crippen LogP contribution in [0.5, 0.6) is 5.75 Å². The first-order valence-electron chi connectivity index (χ1n) is 7.52. The molecule has 4 heteroatoms. The molecule has 0 radical (unpaired) electrons. The molecule has 110 valence electrons.